The van der Waals surface area contributed by atoms with Gasteiger partial charge >= 0.3 is 0 Å². The molecule has 1 fully saturated rings. The van der Waals surface area contributed by atoms with Crippen molar-refractivity contribution in [1.82, 2.24) is 0 Å². The van der Waals surface area contributed by atoms with E-state index in [9.17, 15) is 9.50 Å². The minimum atomic E-state index is -0.803. The lowest BCUT2D eigenvalue weighted by molar-refractivity contribution is 0.146. The first-order valence-corrected chi connectivity index (χ1v) is 6.06. The van der Waals surface area contributed by atoms with Crippen molar-refractivity contribution in [3.63, 3.8) is 0 Å². The highest BCUT2D eigenvalue weighted by Gasteiger charge is 2.48. The highest BCUT2D eigenvalue weighted by Crippen LogP contribution is 2.41. The van der Waals surface area contributed by atoms with Crippen LogP contribution >= 0.6 is 15.9 Å². The smallest absolute Gasteiger partial charge is 0.105 e. The summed E-state index contributed by atoms with van der Waals surface area (Å²) in [5.41, 5.74) is 5.42. The Labute approximate surface area is 102 Å². The van der Waals surface area contributed by atoms with Crippen LogP contribution in [-0.4, -0.2) is 30.5 Å². The SMILES string of the molecule is N[C@]1(C2CC(Br)=CC=C2F)COC[C@@H]1CO. The van der Waals surface area contributed by atoms with E-state index in [2.05, 4.69) is 15.9 Å². The summed E-state index contributed by atoms with van der Waals surface area (Å²) >= 11 is 3.36. The van der Waals surface area contributed by atoms with Crippen LogP contribution in [0, 0.1) is 11.8 Å². The minimum Gasteiger partial charge on any atom is -0.396 e. The maximum atomic E-state index is 13.8. The lowest BCUT2D eigenvalue weighted by Crippen LogP contribution is -2.55. The first kappa shape index (κ1) is 12.2. The number of halogens is 2. The van der Waals surface area contributed by atoms with E-state index in [1.807, 2.05) is 0 Å². The Morgan fingerprint density at radius 3 is 3.06 bits per heavy atom. The van der Waals surface area contributed by atoms with Gasteiger partial charge in [-0.25, -0.2) is 4.39 Å². The number of rotatable bonds is 2. The molecule has 0 aromatic carbocycles. The summed E-state index contributed by atoms with van der Waals surface area (Å²) in [6.07, 6.45) is 3.65. The van der Waals surface area contributed by atoms with E-state index in [4.69, 9.17) is 10.5 Å². The largest absolute Gasteiger partial charge is 0.396 e. The minimum absolute atomic E-state index is 0.0678. The Kier molecular flexibility index (Phi) is 3.49. The first-order valence-electron chi connectivity index (χ1n) is 5.27. The number of hydrogen-bond acceptors (Lipinski definition) is 3. The summed E-state index contributed by atoms with van der Waals surface area (Å²) in [6, 6.07) is 0. The van der Waals surface area contributed by atoms with Gasteiger partial charge in [0, 0.05) is 18.4 Å². The molecule has 16 heavy (non-hydrogen) atoms. The van der Waals surface area contributed by atoms with Crippen LogP contribution in [0.1, 0.15) is 6.42 Å². The van der Waals surface area contributed by atoms with E-state index in [0.717, 1.165) is 4.48 Å². The average Bonchev–Trinajstić information content (AvgIpc) is 2.64. The number of allylic oxidation sites excluding steroid dienone is 3. The first-order chi connectivity index (χ1) is 7.58. The van der Waals surface area contributed by atoms with Crippen molar-refractivity contribution in [2.75, 3.05) is 19.8 Å². The van der Waals surface area contributed by atoms with Gasteiger partial charge in [-0.2, -0.15) is 0 Å². The van der Waals surface area contributed by atoms with Crippen LogP contribution < -0.4 is 5.73 Å². The van der Waals surface area contributed by atoms with Gasteiger partial charge in [0.2, 0.25) is 0 Å². The second-order valence-electron chi connectivity index (χ2n) is 4.43. The van der Waals surface area contributed by atoms with Crippen LogP contribution in [0.4, 0.5) is 4.39 Å². The molecule has 0 amide bonds. The van der Waals surface area contributed by atoms with Gasteiger partial charge in [0.15, 0.2) is 0 Å². The van der Waals surface area contributed by atoms with Crippen LogP contribution in [0.5, 0.6) is 0 Å². The third kappa shape index (κ3) is 1.97. The molecule has 0 spiro atoms. The van der Waals surface area contributed by atoms with Crippen LogP contribution in [0.15, 0.2) is 22.5 Å². The average molecular weight is 292 g/mol. The van der Waals surface area contributed by atoms with E-state index < -0.39 is 11.5 Å². The molecule has 1 aliphatic carbocycles. The predicted molar refractivity (Wildman–Crippen MR) is 62.6 cm³/mol. The van der Waals surface area contributed by atoms with E-state index in [1.165, 1.54) is 6.08 Å². The molecular weight excluding hydrogens is 277 g/mol. The molecule has 3 atom stereocenters. The van der Waals surface area contributed by atoms with Gasteiger partial charge in [0.1, 0.15) is 5.83 Å². The van der Waals surface area contributed by atoms with Crippen molar-refractivity contribution in [3.05, 3.63) is 22.5 Å². The Morgan fingerprint density at radius 1 is 1.62 bits per heavy atom. The lowest BCUT2D eigenvalue weighted by atomic mass is 9.73. The van der Waals surface area contributed by atoms with Crippen molar-refractivity contribution in [2.45, 2.75) is 12.0 Å². The molecule has 2 rings (SSSR count). The summed E-state index contributed by atoms with van der Waals surface area (Å²) in [7, 11) is 0. The molecule has 1 heterocycles. The Hall–Kier alpha value is -0.230. The third-order valence-corrected chi connectivity index (χ3v) is 4.04. The molecule has 1 aliphatic heterocycles. The molecule has 0 saturated carbocycles. The highest BCUT2D eigenvalue weighted by molar-refractivity contribution is 9.11. The molecular formula is C11H15BrFNO2. The van der Waals surface area contributed by atoms with Crippen LogP contribution in [0.3, 0.4) is 0 Å². The summed E-state index contributed by atoms with van der Waals surface area (Å²) in [5, 5.41) is 9.26. The molecule has 0 aromatic rings. The molecule has 90 valence electrons. The summed E-state index contributed by atoms with van der Waals surface area (Å²) < 4.78 is 20.0. The number of aliphatic hydroxyl groups is 1. The summed E-state index contributed by atoms with van der Waals surface area (Å²) in [6.45, 7) is 0.629. The van der Waals surface area contributed by atoms with E-state index >= 15 is 0 Å². The normalized spacial score (nSPS) is 39.5. The van der Waals surface area contributed by atoms with Crippen molar-refractivity contribution < 1.29 is 14.2 Å². The van der Waals surface area contributed by atoms with Crippen LogP contribution in [0.25, 0.3) is 0 Å². The van der Waals surface area contributed by atoms with E-state index in [1.54, 1.807) is 6.08 Å². The van der Waals surface area contributed by atoms with Crippen molar-refractivity contribution in [1.29, 1.82) is 0 Å². The van der Waals surface area contributed by atoms with Crippen molar-refractivity contribution in [3.8, 4) is 0 Å². The highest BCUT2D eigenvalue weighted by atomic mass is 79.9. The van der Waals surface area contributed by atoms with Gasteiger partial charge in [-0.15, -0.1) is 0 Å². The van der Waals surface area contributed by atoms with Crippen LogP contribution in [-0.2, 0) is 4.74 Å². The fourth-order valence-electron chi connectivity index (χ4n) is 2.35. The Balaban J connectivity index is 2.24. The number of aliphatic hydroxyl groups excluding tert-OH is 1. The van der Waals surface area contributed by atoms with Crippen LogP contribution in [0.2, 0.25) is 0 Å². The molecule has 3 N–H and O–H groups in total. The molecule has 0 bridgehead atoms. The van der Waals surface area contributed by atoms with Gasteiger partial charge in [-0.05, 0) is 23.1 Å². The number of ether oxygens (including phenoxy) is 1. The quantitative estimate of drug-likeness (QED) is 0.810. The molecule has 1 saturated heterocycles. The maximum Gasteiger partial charge on any atom is 0.105 e. The van der Waals surface area contributed by atoms with E-state index in [-0.39, 0.29) is 18.4 Å². The monoisotopic (exact) mass is 291 g/mol. The number of hydrogen-bond donors (Lipinski definition) is 2. The third-order valence-electron chi connectivity index (χ3n) is 3.46. The van der Waals surface area contributed by atoms with Gasteiger partial charge < -0.3 is 15.6 Å². The molecule has 1 unspecified atom stereocenters. The van der Waals surface area contributed by atoms with E-state index in [0.29, 0.717) is 19.6 Å². The van der Waals surface area contributed by atoms with Crippen molar-refractivity contribution in [2.24, 2.45) is 17.6 Å². The summed E-state index contributed by atoms with van der Waals surface area (Å²) in [5.74, 6) is -0.837. The molecule has 5 heteroatoms. The zero-order valence-corrected chi connectivity index (χ0v) is 10.4. The predicted octanol–water partition coefficient (Wildman–Crippen LogP) is 1.47. The molecule has 0 aromatic heterocycles. The molecule has 0 radical (unpaired) electrons. The zero-order chi connectivity index (χ0) is 11.8. The lowest BCUT2D eigenvalue weighted by Gasteiger charge is -2.37. The maximum absolute atomic E-state index is 13.8. The number of nitrogens with two attached hydrogens (primary N) is 1. The second kappa shape index (κ2) is 4.56. The van der Waals surface area contributed by atoms with Gasteiger partial charge in [0.25, 0.3) is 0 Å². The van der Waals surface area contributed by atoms with Gasteiger partial charge in [0.05, 0.1) is 18.8 Å². The Bertz CT molecular complexity index is 345. The second-order valence-corrected chi connectivity index (χ2v) is 5.45. The van der Waals surface area contributed by atoms with Gasteiger partial charge in [-0.3, -0.25) is 0 Å². The standard InChI is InChI=1S/C11H15BrFNO2/c12-8-1-2-10(13)9(3-8)11(14)6-16-5-7(11)4-15/h1-2,7,9,15H,3-6,14H2/t7-,9?,11+/m0/s1. The Morgan fingerprint density at radius 2 is 2.38 bits per heavy atom. The van der Waals surface area contributed by atoms with Crippen molar-refractivity contribution >= 4 is 15.9 Å². The zero-order valence-electron chi connectivity index (χ0n) is 8.83. The molecule has 3 nitrogen and oxygen atoms in total. The fourth-order valence-corrected chi connectivity index (χ4v) is 2.81. The topological polar surface area (TPSA) is 55.5 Å². The fraction of sp³-hybridized carbons (Fsp3) is 0.636. The summed E-state index contributed by atoms with van der Waals surface area (Å²) in [4.78, 5) is 0. The molecule has 2 aliphatic rings. The van der Waals surface area contributed by atoms with Gasteiger partial charge in [-0.1, -0.05) is 15.9 Å².